The highest BCUT2D eigenvalue weighted by Gasteiger charge is 2.45. The summed E-state index contributed by atoms with van der Waals surface area (Å²) in [5.74, 6) is -0.288. The van der Waals surface area contributed by atoms with E-state index in [4.69, 9.17) is 37.4 Å². The number of halogens is 3. The minimum atomic E-state index is -1.04. The van der Waals surface area contributed by atoms with E-state index in [1.165, 1.54) is 13.2 Å². The van der Waals surface area contributed by atoms with Crippen molar-refractivity contribution >= 4 is 41.1 Å². The van der Waals surface area contributed by atoms with Gasteiger partial charge in [-0.1, -0.05) is 42.3 Å². The maximum atomic E-state index is 15.6. The van der Waals surface area contributed by atoms with E-state index in [0.29, 0.717) is 43.1 Å². The molecule has 3 aromatic carbocycles. The third-order valence-corrected chi connectivity index (χ3v) is 11.4. The van der Waals surface area contributed by atoms with Crippen molar-refractivity contribution in [1.29, 1.82) is 0 Å². The summed E-state index contributed by atoms with van der Waals surface area (Å²) in [6.07, 6.45) is 3.43. The van der Waals surface area contributed by atoms with Gasteiger partial charge >= 0.3 is 6.09 Å². The first-order valence-corrected chi connectivity index (χ1v) is 21.3. The molecule has 1 fully saturated rings. The van der Waals surface area contributed by atoms with Crippen LogP contribution in [-0.2, 0) is 45.5 Å². The van der Waals surface area contributed by atoms with E-state index in [0.717, 1.165) is 22.6 Å². The Morgan fingerprint density at radius 2 is 1.70 bits per heavy atom. The number of nitrogens with zero attached hydrogens (tertiary/aromatic N) is 5. The average Bonchev–Trinajstić information content (AvgIpc) is 3.55. The van der Waals surface area contributed by atoms with Gasteiger partial charge in [0.05, 0.1) is 30.6 Å². The molecule has 1 aliphatic rings. The lowest BCUT2D eigenvalue weighted by Crippen LogP contribution is -2.64. The van der Waals surface area contributed by atoms with Crippen LogP contribution in [-0.4, -0.2) is 107 Å². The first kappa shape index (κ1) is 47.4. The van der Waals surface area contributed by atoms with Crippen molar-refractivity contribution in [3.05, 3.63) is 99.7 Å². The first-order valence-electron chi connectivity index (χ1n) is 20.5. The van der Waals surface area contributed by atoms with Gasteiger partial charge in [-0.2, -0.15) is 0 Å². The molecule has 0 radical (unpaired) electrons. The van der Waals surface area contributed by atoms with Crippen LogP contribution in [0.1, 0.15) is 63.9 Å². The number of benzene rings is 3. The van der Waals surface area contributed by atoms with Crippen LogP contribution in [0.2, 0.25) is 10.0 Å². The smallest absolute Gasteiger partial charge is 0.410 e. The van der Waals surface area contributed by atoms with Crippen LogP contribution in [0.5, 0.6) is 11.5 Å². The van der Waals surface area contributed by atoms with Crippen LogP contribution in [0.4, 0.5) is 9.18 Å². The topological polar surface area (TPSA) is 118 Å². The van der Waals surface area contributed by atoms with Gasteiger partial charge in [-0.05, 0) is 121 Å². The molecule has 1 saturated heterocycles. The zero-order valence-electron chi connectivity index (χ0n) is 36.7. The number of ether oxygens (including phenoxy) is 3. The van der Waals surface area contributed by atoms with E-state index < -0.39 is 40.9 Å². The number of methoxy groups -OCH3 is 1. The second-order valence-electron chi connectivity index (χ2n) is 17.2. The Labute approximate surface area is 369 Å². The Bertz CT molecular complexity index is 2140. The predicted octanol–water partition coefficient (Wildman–Crippen LogP) is 8.56. The van der Waals surface area contributed by atoms with E-state index in [1.54, 1.807) is 54.1 Å². The molecule has 3 atom stereocenters. The number of carbonyl (C=O) groups excluding carboxylic acids is 3. The SMILES string of the molecule is COC[C@H](NC(=O)[C@H](C)CCc1c(F)cc(Cl)cc1Oc1ccc(-c2cnc(CN(C)C)n2C)cc1)C(=O)N(C)[C@@]1(Cc2ccc(Cl)cc2)CCCN(C(=O)OC(C)(C)C)C1. The fourth-order valence-corrected chi connectivity index (χ4v) is 7.93. The Kier molecular flexibility index (Phi) is 15.9. The average molecular weight is 882 g/mol. The van der Waals surface area contributed by atoms with E-state index in [1.807, 2.05) is 76.9 Å². The Morgan fingerprint density at radius 1 is 1.02 bits per heavy atom. The molecule has 330 valence electrons. The quantitative estimate of drug-likeness (QED) is 0.119. The van der Waals surface area contributed by atoms with Gasteiger partial charge in [0.2, 0.25) is 11.8 Å². The molecule has 1 aliphatic heterocycles. The predicted molar refractivity (Wildman–Crippen MR) is 237 cm³/mol. The molecule has 0 spiro atoms. The molecular formula is C46H59Cl2FN6O6. The normalized spacial score (nSPS) is 16.6. The number of imidazole rings is 1. The summed E-state index contributed by atoms with van der Waals surface area (Å²) in [5.41, 5.74) is 1.57. The molecule has 1 aromatic heterocycles. The molecule has 0 bridgehead atoms. The molecule has 5 rings (SSSR count). The van der Waals surface area contributed by atoms with Crippen molar-refractivity contribution in [3.8, 4) is 22.8 Å². The van der Waals surface area contributed by atoms with E-state index >= 15 is 4.39 Å². The van der Waals surface area contributed by atoms with E-state index in [-0.39, 0.29) is 48.2 Å². The minimum absolute atomic E-state index is 0.0884. The van der Waals surface area contributed by atoms with Crippen LogP contribution < -0.4 is 10.1 Å². The summed E-state index contributed by atoms with van der Waals surface area (Å²) in [6.45, 7) is 8.49. The van der Waals surface area contributed by atoms with Gasteiger partial charge < -0.3 is 38.8 Å². The molecule has 1 N–H and O–H groups in total. The Balaban J connectivity index is 1.29. The molecule has 12 nitrogen and oxygen atoms in total. The number of piperidine rings is 1. The number of likely N-dealkylation sites (N-methyl/N-ethyl adjacent to an activating group) is 1. The van der Waals surface area contributed by atoms with Gasteiger partial charge in [0.1, 0.15) is 34.8 Å². The molecule has 4 aromatic rings. The fraction of sp³-hybridized carbons (Fsp3) is 0.478. The zero-order valence-corrected chi connectivity index (χ0v) is 38.2. The summed E-state index contributed by atoms with van der Waals surface area (Å²) in [7, 11) is 9.12. The van der Waals surface area contributed by atoms with Crippen LogP contribution in [0, 0.1) is 11.7 Å². The number of aromatic nitrogens is 2. The maximum Gasteiger partial charge on any atom is 0.410 e. The molecule has 2 heterocycles. The largest absolute Gasteiger partial charge is 0.457 e. The van der Waals surface area contributed by atoms with Gasteiger partial charge in [0, 0.05) is 61.4 Å². The molecule has 15 heteroatoms. The number of amides is 3. The van der Waals surface area contributed by atoms with E-state index in [2.05, 4.69) is 15.2 Å². The fourth-order valence-electron chi connectivity index (χ4n) is 7.61. The Hall–Kier alpha value is -4.69. The third kappa shape index (κ3) is 12.5. The van der Waals surface area contributed by atoms with Crippen molar-refractivity contribution in [2.75, 3.05) is 47.9 Å². The molecule has 61 heavy (non-hydrogen) atoms. The molecule has 0 saturated carbocycles. The summed E-state index contributed by atoms with van der Waals surface area (Å²) < 4.78 is 35.0. The Morgan fingerprint density at radius 3 is 2.34 bits per heavy atom. The second-order valence-corrected chi connectivity index (χ2v) is 18.1. The van der Waals surface area contributed by atoms with E-state index in [9.17, 15) is 14.4 Å². The van der Waals surface area contributed by atoms with Crippen molar-refractivity contribution in [2.24, 2.45) is 13.0 Å². The maximum absolute atomic E-state index is 15.6. The number of hydrogen-bond donors (Lipinski definition) is 1. The highest BCUT2D eigenvalue weighted by atomic mass is 35.5. The van der Waals surface area contributed by atoms with Gasteiger partial charge in [0.15, 0.2) is 0 Å². The van der Waals surface area contributed by atoms with Crippen molar-refractivity contribution in [1.82, 2.24) is 29.6 Å². The van der Waals surface area contributed by atoms with Gasteiger partial charge in [-0.25, -0.2) is 14.2 Å². The van der Waals surface area contributed by atoms with Gasteiger partial charge in [-0.15, -0.1) is 0 Å². The number of nitrogens with one attached hydrogen (secondary N) is 1. The molecular weight excluding hydrogens is 822 g/mol. The standard InChI is InChI=1S/C46H59Cl2FN6O6/c1-30(11-20-36-37(49)23-34(48)24-40(36)60-35-18-14-32(15-19-35)39-26-50-41(53(39)7)27-52(5)6)42(56)51-38(28-59-9)43(57)54(8)46(25-31-12-16-33(47)17-13-31)21-10-22-55(29-46)44(58)61-45(2,3)4/h12-19,23-24,26,30,38H,10-11,20-22,25,27-29H2,1-9H3,(H,51,56)/t30-,38+,46-/m1/s1. The van der Waals surface area contributed by atoms with Crippen LogP contribution >= 0.6 is 23.2 Å². The summed E-state index contributed by atoms with van der Waals surface area (Å²) in [6, 6.07) is 16.6. The van der Waals surface area contributed by atoms with Gasteiger partial charge in [0.25, 0.3) is 0 Å². The molecule has 3 amide bonds. The number of rotatable bonds is 16. The number of hydrogen-bond acceptors (Lipinski definition) is 8. The van der Waals surface area contributed by atoms with Crippen molar-refractivity contribution < 1.29 is 33.0 Å². The first-order chi connectivity index (χ1) is 28.8. The lowest BCUT2D eigenvalue weighted by atomic mass is 9.81. The monoisotopic (exact) mass is 880 g/mol. The summed E-state index contributed by atoms with van der Waals surface area (Å²) in [4.78, 5) is 51.5. The van der Waals surface area contributed by atoms with Crippen LogP contribution in [0.3, 0.4) is 0 Å². The number of likely N-dealkylation sites (tertiary alicyclic amines) is 1. The van der Waals surface area contributed by atoms with Gasteiger partial charge in [-0.3, -0.25) is 9.59 Å². The van der Waals surface area contributed by atoms with Crippen LogP contribution in [0.15, 0.2) is 66.9 Å². The lowest BCUT2D eigenvalue weighted by Gasteiger charge is -2.49. The highest BCUT2D eigenvalue weighted by molar-refractivity contribution is 6.31. The third-order valence-electron chi connectivity index (χ3n) is 11.0. The summed E-state index contributed by atoms with van der Waals surface area (Å²) in [5, 5.41) is 3.67. The second kappa shape index (κ2) is 20.5. The lowest BCUT2D eigenvalue weighted by molar-refractivity contribution is -0.144. The molecule has 0 unspecified atom stereocenters. The van der Waals surface area contributed by atoms with Crippen molar-refractivity contribution in [2.45, 2.75) is 83.5 Å². The zero-order chi connectivity index (χ0) is 44.6. The van der Waals surface area contributed by atoms with Crippen LogP contribution in [0.25, 0.3) is 11.3 Å². The highest BCUT2D eigenvalue weighted by Crippen LogP contribution is 2.35. The number of carbonyl (C=O) groups is 3. The summed E-state index contributed by atoms with van der Waals surface area (Å²) >= 11 is 12.5. The minimum Gasteiger partial charge on any atom is -0.457 e. The molecule has 0 aliphatic carbocycles. The van der Waals surface area contributed by atoms with Crippen molar-refractivity contribution in [3.63, 3.8) is 0 Å².